The predicted molar refractivity (Wildman–Crippen MR) is 135 cm³/mol. The van der Waals surface area contributed by atoms with Gasteiger partial charge in [0.2, 0.25) is 0 Å². The molecular weight excluding hydrogens is 438 g/mol. The van der Waals surface area contributed by atoms with Crippen LogP contribution in [0.3, 0.4) is 0 Å². The molecule has 0 fully saturated rings. The summed E-state index contributed by atoms with van der Waals surface area (Å²) in [7, 11) is 0. The van der Waals surface area contributed by atoms with Gasteiger partial charge in [0.15, 0.2) is 5.60 Å². The van der Waals surface area contributed by atoms with E-state index in [0.29, 0.717) is 35.7 Å². The van der Waals surface area contributed by atoms with Crippen molar-refractivity contribution in [1.82, 2.24) is 0 Å². The zero-order chi connectivity index (χ0) is 24.3. The lowest BCUT2D eigenvalue weighted by Crippen LogP contribution is -2.41. The van der Waals surface area contributed by atoms with Crippen molar-refractivity contribution in [3.05, 3.63) is 131 Å². The molecule has 1 amide bonds. The van der Waals surface area contributed by atoms with Gasteiger partial charge >= 0.3 is 0 Å². The molecule has 4 aromatic rings. The van der Waals surface area contributed by atoms with E-state index in [1.165, 1.54) is 0 Å². The normalized spacial score (nSPS) is 17.8. The van der Waals surface area contributed by atoms with Crippen molar-refractivity contribution in [3.63, 3.8) is 0 Å². The van der Waals surface area contributed by atoms with Gasteiger partial charge in [0.25, 0.3) is 5.91 Å². The van der Waals surface area contributed by atoms with Gasteiger partial charge < -0.3 is 19.8 Å². The third-order valence-corrected chi connectivity index (χ3v) is 6.42. The van der Waals surface area contributed by atoms with Crippen molar-refractivity contribution in [2.45, 2.75) is 31.3 Å². The van der Waals surface area contributed by atoms with Gasteiger partial charge in [-0.15, -0.1) is 0 Å². The van der Waals surface area contributed by atoms with E-state index < -0.39 is 17.6 Å². The topological polar surface area (TPSA) is 70.0 Å². The van der Waals surface area contributed by atoms with Crippen LogP contribution in [0.15, 0.2) is 109 Å². The van der Waals surface area contributed by atoms with Crippen molar-refractivity contribution in [1.29, 1.82) is 0 Å². The third kappa shape index (κ3) is 4.69. The maximum atomic E-state index is 13.5. The van der Waals surface area contributed by atoms with Crippen LogP contribution in [0.5, 0.6) is 5.75 Å². The highest BCUT2D eigenvalue weighted by molar-refractivity contribution is 6.06. The van der Waals surface area contributed by atoms with E-state index in [2.05, 4.69) is 0 Å². The Morgan fingerprint density at radius 2 is 1.37 bits per heavy atom. The molecule has 2 unspecified atom stereocenters. The van der Waals surface area contributed by atoms with Crippen molar-refractivity contribution in [3.8, 4) is 5.75 Å². The zero-order valence-electron chi connectivity index (χ0n) is 19.2. The molecule has 0 bridgehead atoms. The number of aliphatic hydroxyl groups is 2. The largest absolute Gasteiger partial charge is 0.489 e. The van der Waals surface area contributed by atoms with E-state index in [0.717, 1.165) is 11.1 Å². The van der Waals surface area contributed by atoms with E-state index in [1.54, 1.807) is 41.3 Å². The number of amides is 1. The number of nitrogens with zero attached hydrogens (tertiary/aromatic N) is 1. The van der Waals surface area contributed by atoms with Crippen molar-refractivity contribution in [2.75, 3.05) is 4.90 Å². The number of anilines is 1. The molecule has 2 N–H and O–H groups in total. The number of fused-ring (bicyclic) bond motifs is 1. The first-order chi connectivity index (χ1) is 17.0. The molecule has 0 radical (unpaired) electrons. The zero-order valence-corrected chi connectivity index (χ0v) is 19.2. The minimum absolute atomic E-state index is 0.141. The molecule has 5 nitrogen and oxygen atoms in total. The van der Waals surface area contributed by atoms with Gasteiger partial charge in [0.1, 0.15) is 12.4 Å². The second kappa shape index (κ2) is 9.74. The number of para-hydroxylation sites is 1. The summed E-state index contributed by atoms with van der Waals surface area (Å²) >= 11 is 0. The standard InChI is InChI=1S/C30H27NO4/c32-28(24-15-17-25(18-16-24)35-21-23-11-5-2-6-12-23)19-30(34)26-13-7-8-14-27(26)31(29(30)33)20-22-9-3-1-4-10-22/h1-18,28,32,34H,19-21H2. The van der Waals surface area contributed by atoms with E-state index in [9.17, 15) is 15.0 Å². The SMILES string of the molecule is O=C1N(Cc2ccccc2)c2ccccc2C1(O)CC(O)c1ccc(OCc2ccccc2)cc1. The van der Waals surface area contributed by atoms with Gasteiger partial charge in [0, 0.05) is 12.0 Å². The van der Waals surface area contributed by atoms with Crippen molar-refractivity contribution < 1.29 is 19.7 Å². The van der Waals surface area contributed by atoms with Crippen LogP contribution >= 0.6 is 0 Å². The summed E-state index contributed by atoms with van der Waals surface area (Å²) in [5.41, 5.74) is 2.01. The molecule has 0 aliphatic carbocycles. The molecule has 1 aliphatic rings. The molecule has 5 rings (SSSR count). The molecule has 35 heavy (non-hydrogen) atoms. The molecule has 176 valence electrons. The Hall–Kier alpha value is -3.93. The van der Waals surface area contributed by atoms with Crippen molar-refractivity contribution in [2.24, 2.45) is 0 Å². The average molecular weight is 466 g/mol. The lowest BCUT2D eigenvalue weighted by Gasteiger charge is -2.26. The average Bonchev–Trinajstić information content (AvgIpc) is 3.11. The Labute approximate surface area is 204 Å². The Balaban J connectivity index is 1.31. The first-order valence-corrected chi connectivity index (χ1v) is 11.7. The van der Waals surface area contributed by atoms with Gasteiger partial charge in [-0.25, -0.2) is 0 Å². The van der Waals surface area contributed by atoms with Crippen LogP contribution in [0.2, 0.25) is 0 Å². The highest BCUT2D eigenvalue weighted by atomic mass is 16.5. The van der Waals surface area contributed by atoms with Gasteiger partial charge in [-0.2, -0.15) is 0 Å². The van der Waals surface area contributed by atoms with E-state index in [-0.39, 0.29) is 6.42 Å². The van der Waals surface area contributed by atoms with E-state index >= 15 is 0 Å². The van der Waals surface area contributed by atoms with Crippen molar-refractivity contribution >= 4 is 11.6 Å². The number of ether oxygens (including phenoxy) is 1. The van der Waals surface area contributed by atoms with Gasteiger partial charge in [0.05, 0.1) is 18.3 Å². The summed E-state index contributed by atoms with van der Waals surface area (Å²) in [6.07, 6.45) is -1.17. The summed E-state index contributed by atoms with van der Waals surface area (Å²) in [5, 5.41) is 22.6. The van der Waals surface area contributed by atoms with Crippen LogP contribution in [0.4, 0.5) is 5.69 Å². The minimum atomic E-state index is -1.81. The lowest BCUT2D eigenvalue weighted by atomic mass is 9.87. The molecule has 1 aliphatic heterocycles. The van der Waals surface area contributed by atoms with Gasteiger partial charge in [-0.05, 0) is 34.9 Å². The molecule has 0 spiro atoms. The fourth-order valence-electron chi connectivity index (χ4n) is 4.55. The number of carbonyl (C=O) groups excluding carboxylic acids is 1. The number of benzene rings is 4. The number of hydrogen-bond acceptors (Lipinski definition) is 4. The monoisotopic (exact) mass is 465 g/mol. The van der Waals surface area contributed by atoms with Crippen LogP contribution in [-0.2, 0) is 23.5 Å². The summed E-state index contributed by atoms with van der Waals surface area (Å²) in [4.78, 5) is 15.1. The second-order valence-electron chi connectivity index (χ2n) is 8.82. The molecule has 2 atom stereocenters. The van der Waals surface area contributed by atoms with Crippen LogP contribution in [-0.4, -0.2) is 16.1 Å². The lowest BCUT2D eigenvalue weighted by molar-refractivity contribution is -0.139. The van der Waals surface area contributed by atoms with E-state index in [1.807, 2.05) is 72.8 Å². The second-order valence-corrected chi connectivity index (χ2v) is 8.82. The summed E-state index contributed by atoms with van der Waals surface area (Å²) in [6.45, 7) is 0.799. The summed E-state index contributed by atoms with van der Waals surface area (Å²) < 4.78 is 5.82. The third-order valence-electron chi connectivity index (χ3n) is 6.42. The number of aliphatic hydroxyl groups excluding tert-OH is 1. The number of hydrogen-bond donors (Lipinski definition) is 2. The first kappa shape index (κ1) is 22.8. The highest BCUT2D eigenvalue weighted by Gasteiger charge is 2.50. The molecule has 4 aromatic carbocycles. The molecular formula is C30H27NO4. The van der Waals surface area contributed by atoms with Crippen LogP contribution in [0, 0.1) is 0 Å². The Morgan fingerprint density at radius 3 is 2.06 bits per heavy atom. The summed E-state index contributed by atoms with van der Waals surface area (Å²) in [5.74, 6) is 0.254. The smallest absolute Gasteiger partial charge is 0.264 e. The maximum Gasteiger partial charge on any atom is 0.264 e. The maximum absolute atomic E-state index is 13.5. The highest BCUT2D eigenvalue weighted by Crippen LogP contribution is 2.45. The molecule has 0 aromatic heterocycles. The fraction of sp³-hybridized carbons (Fsp3) is 0.167. The van der Waals surface area contributed by atoms with Crippen LogP contribution < -0.4 is 9.64 Å². The van der Waals surface area contributed by atoms with Crippen LogP contribution in [0.25, 0.3) is 0 Å². The minimum Gasteiger partial charge on any atom is -0.489 e. The number of carbonyl (C=O) groups is 1. The van der Waals surface area contributed by atoms with E-state index in [4.69, 9.17) is 4.74 Å². The first-order valence-electron chi connectivity index (χ1n) is 11.7. The Bertz CT molecular complexity index is 1290. The van der Waals surface area contributed by atoms with Crippen LogP contribution in [0.1, 0.15) is 34.8 Å². The summed E-state index contributed by atoms with van der Waals surface area (Å²) in [6, 6.07) is 33.9. The molecule has 5 heteroatoms. The number of rotatable bonds is 8. The Morgan fingerprint density at radius 1 is 0.771 bits per heavy atom. The molecule has 1 heterocycles. The van der Waals surface area contributed by atoms with Gasteiger partial charge in [-0.3, -0.25) is 4.79 Å². The fourth-order valence-corrected chi connectivity index (χ4v) is 4.55. The molecule has 0 saturated heterocycles. The van der Waals surface area contributed by atoms with Gasteiger partial charge in [-0.1, -0.05) is 91.0 Å². The quantitative estimate of drug-likeness (QED) is 0.379. The molecule has 0 saturated carbocycles. The Kier molecular flexibility index (Phi) is 6.36. The predicted octanol–water partition coefficient (Wildman–Crippen LogP) is 5.12.